The largest absolute Gasteiger partial charge is 0.497 e. The lowest BCUT2D eigenvalue weighted by molar-refractivity contribution is 0.0698. The second-order valence-corrected chi connectivity index (χ2v) is 8.99. The van der Waals surface area contributed by atoms with Gasteiger partial charge in [-0.25, -0.2) is 0 Å². The highest BCUT2D eigenvalue weighted by Crippen LogP contribution is 2.23. The van der Waals surface area contributed by atoms with Gasteiger partial charge in [0.05, 0.1) is 13.7 Å². The molecule has 3 aromatic carbocycles. The Bertz CT molecular complexity index is 1280. The van der Waals surface area contributed by atoms with Crippen molar-refractivity contribution in [3.63, 3.8) is 0 Å². The topological polar surface area (TPSA) is 45.9 Å². The summed E-state index contributed by atoms with van der Waals surface area (Å²) >= 11 is 0. The van der Waals surface area contributed by atoms with Crippen molar-refractivity contribution in [1.29, 1.82) is 0 Å². The number of hydrogen-bond acceptors (Lipinski definition) is 4. The molecule has 0 bridgehead atoms. The van der Waals surface area contributed by atoms with Crippen molar-refractivity contribution in [1.82, 2.24) is 9.80 Å². The monoisotopic (exact) mass is 466 g/mol. The summed E-state index contributed by atoms with van der Waals surface area (Å²) in [5, 5.41) is 0. The van der Waals surface area contributed by atoms with Gasteiger partial charge in [0.1, 0.15) is 11.5 Å². The number of fused-ring (bicyclic) bond motifs is 1. The summed E-state index contributed by atoms with van der Waals surface area (Å²) in [5.74, 6) is 1.98. The third-order valence-corrected chi connectivity index (χ3v) is 6.46. The lowest BCUT2D eigenvalue weighted by Gasteiger charge is -2.28. The van der Waals surface area contributed by atoms with Crippen LogP contribution < -0.4 is 4.74 Å². The van der Waals surface area contributed by atoms with E-state index in [-0.39, 0.29) is 5.91 Å². The molecule has 1 aliphatic rings. The molecule has 1 amide bonds. The first-order valence-corrected chi connectivity index (χ1v) is 12.0. The Balaban J connectivity index is 1.30. The van der Waals surface area contributed by atoms with E-state index in [1.54, 1.807) is 7.11 Å². The molecule has 0 aliphatic carbocycles. The standard InChI is InChI=1S/C30H30N2O3/c1-34-27-13-7-10-24(18-27)20-31(19-23-8-3-2-4-9-23)22-28-14-15-29(35-28)30(33)32-17-16-25-11-5-6-12-26(25)21-32/h2-15,18H,16-17,19-22H2,1H3. The number of carbonyl (C=O) groups is 1. The molecular formula is C30H30N2O3. The maximum absolute atomic E-state index is 13.2. The molecular weight excluding hydrogens is 436 g/mol. The molecule has 5 nitrogen and oxygen atoms in total. The maximum atomic E-state index is 13.2. The van der Waals surface area contributed by atoms with Crippen molar-refractivity contribution >= 4 is 5.91 Å². The number of furan rings is 1. The second-order valence-electron chi connectivity index (χ2n) is 8.99. The fourth-order valence-corrected chi connectivity index (χ4v) is 4.66. The summed E-state index contributed by atoms with van der Waals surface area (Å²) in [6, 6.07) is 30.6. The van der Waals surface area contributed by atoms with E-state index >= 15 is 0 Å². The minimum Gasteiger partial charge on any atom is -0.497 e. The van der Waals surface area contributed by atoms with Crippen LogP contribution in [0.2, 0.25) is 0 Å². The Hall–Kier alpha value is -3.83. The van der Waals surface area contributed by atoms with Gasteiger partial charge in [0.25, 0.3) is 5.91 Å². The first kappa shape index (κ1) is 22.9. The van der Waals surface area contributed by atoms with Crippen molar-refractivity contribution in [2.75, 3.05) is 13.7 Å². The number of ether oxygens (including phenoxy) is 1. The number of benzene rings is 3. The van der Waals surface area contributed by atoms with Crippen molar-refractivity contribution in [2.45, 2.75) is 32.6 Å². The van der Waals surface area contributed by atoms with Crippen LogP contribution in [0.5, 0.6) is 5.75 Å². The van der Waals surface area contributed by atoms with Gasteiger partial charge in [0.15, 0.2) is 5.76 Å². The fourth-order valence-electron chi connectivity index (χ4n) is 4.66. The minimum absolute atomic E-state index is 0.0480. The van der Waals surface area contributed by atoms with Gasteiger partial charge in [-0.15, -0.1) is 0 Å². The molecule has 0 spiro atoms. The molecule has 0 unspecified atom stereocenters. The van der Waals surface area contributed by atoms with Crippen molar-refractivity contribution in [3.05, 3.63) is 125 Å². The van der Waals surface area contributed by atoms with Gasteiger partial charge in [-0.05, 0) is 52.9 Å². The van der Waals surface area contributed by atoms with Gasteiger partial charge in [-0.3, -0.25) is 9.69 Å². The molecule has 0 saturated carbocycles. The van der Waals surface area contributed by atoms with Gasteiger partial charge in [-0.2, -0.15) is 0 Å². The van der Waals surface area contributed by atoms with Crippen LogP contribution in [0.3, 0.4) is 0 Å². The van der Waals surface area contributed by atoms with Gasteiger partial charge in [0.2, 0.25) is 0 Å². The van der Waals surface area contributed by atoms with E-state index in [1.807, 2.05) is 41.3 Å². The number of hydrogen-bond donors (Lipinski definition) is 0. The van der Waals surface area contributed by atoms with Crippen LogP contribution in [0.25, 0.3) is 0 Å². The molecule has 0 N–H and O–H groups in total. The zero-order valence-electron chi connectivity index (χ0n) is 20.0. The molecule has 0 radical (unpaired) electrons. The van der Waals surface area contributed by atoms with Gasteiger partial charge < -0.3 is 14.1 Å². The van der Waals surface area contributed by atoms with E-state index < -0.39 is 0 Å². The number of methoxy groups -OCH3 is 1. The van der Waals surface area contributed by atoms with Crippen molar-refractivity contribution < 1.29 is 13.9 Å². The summed E-state index contributed by atoms with van der Waals surface area (Å²) < 4.78 is 11.5. The highest BCUT2D eigenvalue weighted by Gasteiger charge is 2.24. The summed E-state index contributed by atoms with van der Waals surface area (Å²) in [4.78, 5) is 17.4. The summed E-state index contributed by atoms with van der Waals surface area (Å²) in [6.45, 7) is 3.44. The zero-order valence-corrected chi connectivity index (χ0v) is 20.0. The molecule has 5 rings (SSSR count). The molecule has 178 valence electrons. The second kappa shape index (κ2) is 10.6. The number of rotatable bonds is 8. The zero-order chi connectivity index (χ0) is 24.0. The van der Waals surface area contributed by atoms with Crippen LogP contribution in [0.1, 0.15) is 38.6 Å². The molecule has 2 heterocycles. The Morgan fingerprint density at radius 1 is 0.857 bits per heavy atom. The third kappa shape index (κ3) is 5.64. The average Bonchev–Trinajstić information content (AvgIpc) is 3.37. The molecule has 0 atom stereocenters. The van der Waals surface area contributed by atoms with Gasteiger partial charge >= 0.3 is 0 Å². The SMILES string of the molecule is COc1cccc(CN(Cc2ccccc2)Cc2ccc(C(=O)N3CCc4ccccc4C3)o2)c1. The molecule has 5 heteroatoms. The van der Waals surface area contributed by atoms with Gasteiger partial charge in [0, 0.05) is 26.2 Å². The summed E-state index contributed by atoms with van der Waals surface area (Å²) in [6.07, 6.45) is 0.876. The highest BCUT2D eigenvalue weighted by atomic mass is 16.5. The molecule has 35 heavy (non-hydrogen) atoms. The van der Waals surface area contributed by atoms with Crippen molar-refractivity contribution in [3.8, 4) is 5.75 Å². The third-order valence-electron chi connectivity index (χ3n) is 6.46. The van der Waals surface area contributed by atoms with E-state index in [2.05, 4.69) is 59.5 Å². The van der Waals surface area contributed by atoms with Crippen LogP contribution in [0.15, 0.2) is 95.4 Å². The summed E-state index contributed by atoms with van der Waals surface area (Å²) in [5.41, 5.74) is 4.93. The first-order chi connectivity index (χ1) is 17.2. The quantitative estimate of drug-likeness (QED) is 0.335. The average molecular weight is 467 g/mol. The van der Waals surface area contributed by atoms with E-state index in [1.165, 1.54) is 16.7 Å². The van der Waals surface area contributed by atoms with Crippen LogP contribution in [-0.4, -0.2) is 29.4 Å². The first-order valence-electron chi connectivity index (χ1n) is 12.0. The molecule has 0 fully saturated rings. The Labute approximate surface area is 206 Å². The summed E-state index contributed by atoms with van der Waals surface area (Å²) in [7, 11) is 1.68. The van der Waals surface area contributed by atoms with E-state index in [9.17, 15) is 4.79 Å². The molecule has 1 aliphatic heterocycles. The Morgan fingerprint density at radius 2 is 1.60 bits per heavy atom. The van der Waals surface area contributed by atoms with Crippen molar-refractivity contribution in [2.24, 2.45) is 0 Å². The van der Waals surface area contributed by atoms with E-state index in [0.717, 1.165) is 36.6 Å². The highest BCUT2D eigenvalue weighted by molar-refractivity contribution is 5.91. The normalized spacial score (nSPS) is 13.0. The number of nitrogens with zero attached hydrogens (tertiary/aromatic N) is 2. The molecule has 0 saturated heterocycles. The van der Waals surface area contributed by atoms with Gasteiger partial charge in [-0.1, -0.05) is 66.7 Å². The fraction of sp³-hybridized carbons (Fsp3) is 0.233. The lowest BCUT2D eigenvalue weighted by atomic mass is 10.00. The number of carbonyl (C=O) groups excluding carboxylic acids is 1. The number of amides is 1. The Morgan fingerprint density at radius 3 is 2.43 bits per heavy atom. The van der Waals surface area contributed by atoms with Crippen LogP contribution in [-0.2, 0) is 32.6 Å². The van der Waals surface area contributed by atoms with E-state index in [4.69, 9.17) is 9.15 Å². The van der Waals surface area contributed by atoms with Crippen LogP contribution in [0, 0.1) is 0 Å². The minimum atomic E-state index is -0.0480. The molecule has 1 aromatic heterocycles. The predicted molar refractivity (Wildman–Crippen MR) is 136 cm³/mol. The van der Waals surface area contributed by atoms with Crippen LogP contribution in [0.4, 0.5) is 0 Å². The lowest BCUT2D eigenvalue weighted by Crippen LogP contribution is -2.35. The van der Waals surface area contributed by atoms with E-state index in [0.29, 0.717) is 25.4 Å². The predicted octanol–water partition coefficient (Wildman–Crippen LogP) is 5.69. The Kier molecular flexibility index (Phi) is 6.96. The molecule has 4 aromatic rings. The van der Waals surface area contributed by atoms with Crippen LogP contribution >= 0.6 is 0 Å². The maximum Gasteiger partial charge on any atom is 0.289 e. The smallest absolute Gasteiger partial charge is 0.289 e.